The summed E-state index contributed by atoms with van der Waals surface area (Å²) in [5.41, 5.74) is 2.95. The largest absolute Gasteiger partial charge is 0.328 e. The van der Waals surface area contributed by atoms with Crippen LogP contribution in [0.15, 0.2) is 52.5 Å². The maximum Gasteiger partial charge on any atom is 0.273 e. The number of aryl methyl sites for hydroxylation is 2. The van der Waals surface area contributed by atoms with Gasteiger partial charge in [-0.3, -0.25) is 9.59 Å². The number of hydrogen-bond acceptors (Lipinski definition) is 5. The number of hydrogen-bond donors (Lipinski definition) is 1. The zero-order valence-electron chi connectivity index (χ0n) is 15.5. The Bertz CT molecular complexity index is 1010. The van der Waals surface area contributed by atoms with E-state index < -0.39 is 0 Å². The predicted octanol–water partition coefficient (Wildman–Crippen LogP) is 2.80. The molecule has 1 N–H and O–H groups in total. The molecule has 3 aromatic rings. The molecule has 8 heteroatoms. The van der Waals surface area contributed by atoms with Gasteiger partial charge < -0.3 is 9.88 Å². The van der Waals surface area contributed by atoms with Gasteiger partial charge in [0.15, 0.2) is 5.16 Å². The minimum Gasteiger partial charge on any atom is -0.328 e. The Morgan fingerprint density at radius 2 is 1.93 bits per heavy atom. The lowest BCUT2D eigenvalue weighted by molar-refractivity contribution is -0.113. The van der Waals surface area contributed by atoms with E-state index in [1.54, 1.807) is 6.20 Å². The van der Waals surface area contributed by atoms with E-state index in [0.29, 0.717) is 17.4 Å². The van der Waals surface area contributed by atoms with Crippen molar-refractivity contribution in [3.05, 3.63) is 64.3 Å². The molecule has 0 aliphatic carbocycles. The maximum absolute atomic E-state index is 12.4. The van der Waals surface area contributed by atoms with Gasteiger partial charge in [0.05, 0.1) is 28.5 Å². The fraction of sp³-hybridized carbons (Fsp3) is 0.263. The Kier molecular flexibility index (Phi) is 5.75. The Morgan fingerprint density at radius 3 is 2.63 bits per heavy atom. The molecule has 7 nitrogen and oxygen atoms in total. The summed E-state index contributed by atoms with van der Waals surface area (Å²) in [6.07, 6.45) is 1.69. The second-order valence-electron chi connectivity index (χ2n) is 5.96. The average Bonchev–Trinajstić information content (AvgIpc) is 2.95. The van der Waals surface area contributed by atoms with E-state index in [1.807, 2.05) is 60.4 Å². The molecule has 2 heterocycles. The number of anilines is 1. The lowest BCUT2D eigenvalue weighted by Crippen LogP contribution is -2.18. The van der Waals surface area contributed by atoms with Gasteiger partial charge in [-0.25, -0.2) is 4.68 Å². The highest BCUT2D eigenvalue weighted by Crippen LogP contribution is 2.23. The normalized spacial score (nSPS) is 10.8. The lowest BCUT2D eigenvalue weighted by Gasteiger charge is -2.09. The zero-order valence-corrected chi connectivity index (χ0v) is 16.3. The van der Waals surface area contributed by atoms with Gasteiger partial charge in [0, 0.05) is 18.8 Å². The standard InChI is InChI=1S/C19H21N5O2S/c1-4-23-11-10-16(25)21-19(23)27-12-17(26)20-18-13(2)22-24(14(18)3)15-8-6-5-7-9-15/h5-11H,4,12H2,1-3H3,(H,20,26). The Hall–Kier alpha value is -2.87. The average molecular weight is 383 g/mol. The van der Waals surface area contributed by atoms with E-state index in [1.165, 1.54) is 17.8 Å². The van der Waals surface area contributed by atoms with Crippen LogP contribution in [0.5, 0.6) is 0 Å². The number of benzene rings is 1. The Morgan fingerprint density at radius 1 is 1.19 bits per heavy atom. The molecule has 0 fully saturated rings. The molecule has 0 aliphatic heterocycles. The first-order valence-corrected chi connectivity index (χ1v) is 9.60. The van der Waals surface area contributed by atoms with Crippen molar-refractivity contribution < 1.29 is 4.79 Å². The number of carbonyl (C=O) groups excluding carboxylic acids is 1. The molecule has 0 aliphatic rings. The molecule has 0 bridgehead atoms. The lowest BCUT2D eigenvalue weighted by atomic mass is 10.3. The van der Waals surface area contributed by atoms with Crippen LogP contribution in [0.3, 0.4) is 0 Å². The van der Waals surface area contributed by atoms with Crippen molar-refractivity contribution in [1.82, 2.24) is 19.3 Å². The third kappa shape index (κ3) is 4.28. The maximum atomic E-state index is 12.4. The fourth-order valence-electron chi connectivity index (χ4n) is 2.72. The van der Waals surface area contributed by atoms with Gasteiger partial charge in [-0.15, -0.1) is 0 Å². The smallest absolute Gasteiger partial charge is 0.273 e. The van der Waals surface area contributed by atoms with Crippen LogP contribution in [-0.2, 0) is 11.3 Å². The van der Waals surface area contributed by atoms with Crippen LogP contribution in [-0.4, -0.2) is 31.0 Å². The first-order valence-electron chi connectivity index (χ1n) is 8.61. The monoisotopic (exact) mass is 383 g/mol. The van der Waals surface area contributed by atoms with E-state index in [-0.39, 0.29) is 17.2 Å². The van der Waals surface area contributed by atoms with Crippen LogP contribution < -0.4 is 10.9 Å². The van der Waals surface area contributed by atoms with Crippen molar-refractivity contribution in [3.63, 3.8) is 0 Å². The molecular formula is C19H21N5O2S. The minimum absolute atomic E-state index is 0.159. The molecule has 140 valence electrons. The van der Waals surface area contributed by atoms with E-state index in [4.69, 9.17) is 0 Å². The van der Waals surface area contributed by atoms with E-state index in [0.717, 1.165) is 17.1 Å². The topological polar surface area (TPSA) is 81.8 Å². The van der Waals surface area contributed by atoms with Crippen LogP contribution in [0.1, 0.15) is 18.3 Å². The second-order valence-corrected chi connectivity index (χ2v) is 6.91. The summed E-state index contributed by atoms with van der Waals surface area (Å²) in [7, 11) is 0. The molecule has 0 saturated carbocycles. The van der Waals surface area contributed by atoms with Gasteiger partial charge in [-0.1, -0.05) is 30.0 Å². The molecule has 3 rings (SSSR count). The number of rotatable bonds is 6. The van der Waals surface area contributed by atoms with E-state index in [2.05, 4.69) is 15.4 Å². The SMILES string of the molecule is CCn1ccc(=O)nc1SCC(=O)Nc1c(C)nn(-c2ccccc2)c1C. The van der Waals surface area contributed by atoms with Gasteiger partial charge in [0.1, 0.15) is 0 Å². The van der Waals surface area contributed by atoms with Crippen molar-refractivity contribution >= 4 is 23.4 Å². The molecule has 1 aromatic carbocycles. The van der Waals surface area contributed by atoms with Crippen LogP contribution in [0.4, 0.5) is 5.69 Å². The van der Waals surface area contributed by atoms with Crippen molar-refractivity contribution in [1.29, 1.82) is 0 Å². The molecule has 0 spiro atoms. The van der Waals surface area contributed by atoms with E-state index >= 15 is 0 Å². The quantitative estimate of drug-likeness (QED) is 0.523. The highest BCUT2D eigenvalue weighted by Gasteiger charge is 2.16. The fourth-order valence-corrected chi connectivity index (χ4v) is 3.56. The van der Waals surface area contributed by atoms with Gasteiger partial charge in [-0.2, -0.15) is 10.1 Å². The number of nitrogens with one attached hydrogen (secondary N) is 1. The van der Waals surface area contributed by atoms with Crippen molar-refractivity contribution in [2.24, 2.45) is 0 Å². The Labute approximate surface area is 161 Å². The van der Waals surface area contributed by atoms with Crippen LogP contribution in [0, 0.1) is 13.8 Å². The number of aromatic nitrogens is 4. The van der Waals surface area contributed by atoms with Gasteiger partial charge >= 0.3 is 0 Å². The van der Waals surface area contributed by atoms with Crippen molar-refractivity contribution in [2.45, 2.75) is 32.5 Å². The van der Waals surface area contributed by atoms with E-state index in [9.17, 15) is 9.59 Å². The number of para-hydroxylation sites is 1. The highest BCUT2D eigenvalue weighted by atomic mass is 32.2. The predicted molar refractivity (Wildman–Crippen MR) is 107 cm³/mol. The third-order valence-electron chi connectivity index (χ3n) is 4.08. The molecule has 0 saturated heterocycles. The number of carbonyl (C=O) groups is 1. The molecule has 0 radical (unpaired) electrons. The molecular weight excluding hydrogens is 362 g/mol. The summed E-state index contributed by atoms with van der Waals surface area (Å²) in [5.74, 6) is -0.00849. The van der Waals surface area contributed by atoms with Gasteiger partial charge in [-0.05, 0) is 32.9 Å². The second kappa shape index (κ2) is 8.22. The summed E-state index contributed by atoms with van der Waals surface area (Å²) in [4.78, 5) is 27.9. The van der Waals surface area contributed by atoms with Crippen LogP contribution in [0.25, 0.3) is 5.69 Å². The van der Waals surface area contributed by atoms with Gasteiger partial charge in [0.25, 0.3) is 5.56 Å². The molecule has 0 atom stereocenters. The first-order chi connectivity index (χ1) is 13.0. The van der Waals surface area contributed by atoms with Crippen molar-refractivity contribution in [2.75, 3.05) is 11.1 Å². The summed E-state index contributed by atoms with van der Waals surface area (Å²) >= 11 is 1.24. The summed E-state index contributed by atoms with van der Waals surface area (Å²) in [6, 6.07) is 11.2. The summed E-state index contributed by atoms with van der Waals surface area (Å²) in [6.45, 7) is 6.42. The minimum atomic E-state index is -0.307. The highest BCUT2D eigenvalue weighted by molar-refractivity contribution is 7.99. The zero-order chi connectivity index (χ0) is 19.4. The molecule has 1 amide bonds. The molecule has 2 aromatic heterocycles. The number of amides is 1. The molecule has 0 unspecified atom stereocenters. The summed E-state index contributed by atoms with van der Waals surface area (Å²) in [5, 5.41) is 8.00. The summed E-state index contributed by atoms with van der Waals surface area (Å²) < 4.78 is 3.65. The van der Waals surface area contributed by atoms with Crippen LogP contribution in [0.2, 0.25) is 0 Å². The Balaban J connectivity index is 1.73. The van der Waals surface area contributed by atoms with Crippen LogP contribution >= 0.6 is 11.8 Å². The number of thioether (sulfide) groups is 1. The van der Waals surface area contributed by atoms with Crippen molar-refractivity contribution in [3.8, 4) is 5.69 Å². The van der Waals surface area contributed by atoms with Gasteiger partial charge in [0.2, 0.25) is 5.91 Å². The number of nitrogens with zero attached hydrogens (tertiary/aromatic N) is 4. The molecule has 27 heavy (non-hydrogen) atoms. The first kappa shape index (κ1) is 18.9. The third-order valence-corrected chi connectivity index (χ3v) is 5.07.